The molecule has 2 N–H and O–H groups in total. The Balaban J connectivity index is 2.16. The lowest BCUT2D eigenvalue weighted by Gasteiger charge is -2.46. The zero-order valence-corrected chi connectivity index (χ0v) is 12.0. The minimum atomic E-state index is -0.755. The number of rotatable bonds is 2. The van der Waals surface area contributed by atoms with Crippen LogP contribution in [-0.2, 0) is 9.53 Å². The normalized spacial score (nSPS) is 28.7. The van der Waals surface area contributed by atoms with Crippen LogP contribution in [0.1, 0.15) is 39.5 Å². The predicted octanol–water partition coefficient (Wildman–Crippen LogP) is 1.47. The summed E-state index contributed by atoms with van der Waals surface area (Å²) in [5.41, 5.74) is 4.94. The molecule has 2 fully saturated rings. The molecule has 102 valence electrons. The van der Waals surface area contributed by atoms with Crippen molar-refractivity contribution in [2.75, 3.05) is 13.2 Å². The molecule has 1 saturated heterocycles. The number of ether oxygens (including phenoxy) is 1. The van der Waals surface area contributed by atoms with Crippen LogP contribution in [0.2, 0.25) is 0 Å². The molecule has 4 nitrogen and oxygen atoms in total. The Labute approximate surface area is 114 Å². The smallest absolute Gasteiger partial charge is 0.235 e. The summed E-state index contributed by atoms with van der Waals surface area (Å²) in [6, 6.07) is 0.216. The third kappa shape index (κ3) is 2.38. The molecule has 1 aliphatic carbocycles. The summed E-state index contributed by atoms with van der Waals surface area (Å²) in [7, 11) is 0. The maximum atomic E-state index is 12.6. The SMILES string of the molecule is CC(C)(C(=O)N1CCOC2CCCCC21)C(N)=S. The van der Waals surface area contributed by atoms with Crippen LogP contribution in [-0.4, -0.2) is 41.1 Å². The van der Waals surface area contributed by atoms with E-state index in [1.54, 1.807) is 0 Å². The van der Waals surface area contributed by atoms with Crippen molar-refractivity contribution in [1.29, 1.82) is 0 Å². The first kappa shape index (κ1) is 13.7. The highest BCUT2D eigenvalue weighted by molar-refractivity contribution is 7.80. The van der Waals surface area contributed by atoms with Crippen molar-refractivity contribution in [3.63, 3.8) is 0 Å². The number of thiocarbonyl (C=S) groups is 1. The number of nitrogens with two attached hydrogens (primary N) is 1. The first-order chi connectivity index (χ1) is 8.44. The molecule has 2 atom stereocenters. The maximum Gasteiger partial charge on any atom is 0.235 e. The predicted molar refractivity (Wildman–Crippen MR) is 74.3 cm³/mol. The minimum Gasteiger partial charge on any atom is -0.392 e. The number of carbonyl (C=O) groups is 1. The van der Waals surface area contributed by atoms with Gasteiger partial charge in [0.05, 0.1) is 29.2 Å². The summed E-state index contributed by atoms with van der Waals surface area (Å²) < 4.78 is 5.78. The second-order valence-corrected chi connectivity index (χ2v) is 6.19. The highest BCUT2D eigenvalue weighted by atomic mass is 32.1. The van der Waals surface area contributed by atoms with Gasteiger partial charge < -0.3 is 15.4 Å². The second-order valence-electron chi connectivity index (χ2n) is 5.75. The van der Waals surface area contributed by atoms with E-state index < -0.39 is 5.41 Å². The van der Waals surface area contributed by atoms with E-state index in [1.807, 2.05) is 18.7 Å². The second kappa shape index (κ2) is 5.13. The van der Waals surface area contributed by atoms with Crippen LogP contribution < -0.4 is 5.73 Å². The van der Waals surface area contributed by atoms with Gasteiger partial charge in [-0.05, 0) is 26.7 Å². The highest BCUT2D eigenvalue weighted by Gasteiger charge is 2.42. The fourth-order valence-corrected chi connectivity index (χ4v) is 2.90. The average molecular weight is 270 g/mol. The highest BCUT2D eigenvalue weighted by Crippen LogP contribution is 2.31. The molecule has 5 heteroatoms. The first-order valence-corrected chi connectivity index (χ1v) is 7.08. The molecule has 1 amide bonds. The third-order valence-electron chi connectivity index (χ3n) is 4.14. The van der Waals surface area contributed by atoms with Crippen LogP contribution in [0, 0.1) is 5.41 Å². The number of carbonyl (C=O) groups excluding carboxylic acids is 1. The number of morpholine rings is 1. The van der Waals surface area contributed by atoms with Crippen molar-refractivity contribution in [2.45, 2.75) is 51.7 Å². The average Bonchev–Trinajstić information content (AvgIpc) is 2.37. The van der Waals surface area contributed by atoms with Gasteiger partial charge in [0.15, 0.2) is 0 Å². The summed E-state index contributed by atoms with van der Waals surface area (Å²) >= 11 is 5.02. The van der Waals surface area contributed by atoms with E-state index >= 15 is 0 Å². The third-order valence-corrected chi connectivity index (χ3v) is 4.65. The fourth-order valence-electron chi connectivity index (χ4n) is 2.81. The largest absolute Gasteiger partial charge is 0.392 e. The van der Waals surface area contributed by atoms with Crippen molar-refractivity contribution in [2.24, 2.45) is 11.1 Å². The van der Waals surface area contributed by atoms with Gasteiger partial charge in [-0.2, -0.15) is 0 Å². The minimum absolute atomic E-state index is 0.0511. The summed E-state index contributed by atoms with van der Waals surface area (Å²) in [5, 5.41) is 0. The van der Waals surface area contributed by atoms with Gasteiger partial charge in [-0.1, -0.05) is 25.1 Å². The van der Waals surface area contributed by atoms with E-state index in [2.05, 4.69) is 0 Å². The molecule has 2 unspecified atom stereocenters. The summed E-state index contributed by atoms with van der Waals surface area (Å²) in [4.78, 5) is 14.8. The molecule has 0 aromatic carbocycles. The fraction of sp³-hybridized carbons (Fsp3) is 0.846. The lowest BCUT2D eigenvalue weighted by atomic mass is 9.86. The number of amides is 1. The van der Waals surface area contributed by atoms with Gasteiger partial charge >= 0.3 is 0 Å². The molecule has 2 aliphatic rings. The molecule has 0 aromatic heterocycles. The number of hydrogen-bond acceptors (Lipinski definition) is 3. The lowest BCUT2D eigenvalue weighted by Crippen LogP contribution is -2.59. The van der Waals surface area contributed by atoms with E-state index in [4.69, 9.17) is 22.7 Å². The van der Waals surface area contributed by atoms with Crippen LogP contribution in [0.4, 0.5) is 0 Å². The Bertz CT molecular complexity index is 355. The molecular formula is C13H22N2O2S. The molecule has 1 saturated carbocycles. The van der Waals surface area contributed by atoms with E-state index in [9.17, 15) is 4.79 Å². The van der Waals surface area contributed by atoms with Gasteiger partial charge in [0.1, 0.15) is 0 Å². The van der Waals surface area contributed by atoms with Crippen LogP contribution in [0.3, 0.4) is 0 Å². The number of nitrogens with zero attached hydrogens (tertiary/aromatic N) is 1. The van der Waals surface area contributed by atoms with Gasteiger partial charge in [-0.25, -0.2) is 0 Å². The summed E-state index contributed by atoms with van der Waals surface area (Å²) in [6.07, 6.45) is 4.66. The Kier molecular flexibility index (Phi) is 3.92. The zero-order chi connectivity index (χ0) is 13.3. The quantitative estimate of drug-likeness (QED) is 0.772. The molecule has 0 spiro atoms. The van der Waals surface area contributed by atoms with Crippen LogP contribution in [0.5, 0.6) is 0 Å². The molecule has 0 aromatic rings. The summed E-state index contributed by atoms with van der Waals surface area (Å²) in [5.74, 6) is 0.0511. The van der Waals surface area contributed by atoms with Crippen molar-refractivity contribution < 1.29 is 9.53 Å². The number of fused-ring (bicyclic) bond motifs is 1. The molecular weight excluding hydrogens is 248 g/mol. The lowest BCUT2D eigenvalue weighted by molar-refractivity contribution is -0.155. The molecule has 18 heavy (non-hydrogen) atoms. The summed E-state index contributed by atoms with van der Waals surface area (Å²) in [6.45, 7) is 4.91. The zero-order valence-electron chi connectivity index (χ0n) is 11.1. The Hall–Kier alpha value is -0.680. The van der Waals surface area contributed by atoms with Crippen molar-refractivity contribution >= 4 is 23.1 Å². The van der Waals surface area contributed by atoms with Crippen molar-refractivity contribution in [1.82, 2.24) is 4.90 Å². The van der Waals surface area contributed by atoms with E-state index in [0.717, 1.165) is 12.8 Å². The van der Waals surface area contributed by atoms with E-state index in [-0.39, 0.29) is 23.0 Å². The van der Waals surface area contributed by atoms with Gasteiger partial charge in [0.25, 0.3) is 0 Å². The number of hydrogen-bond donors (Lipinski definition) is 1. The standard InChI is InChI=1S/C13H22N2O2S/c1-13(2,11(14)18)12(16)15-7-8-17-10-6-4-3-5-9(10)15/h9-10H,3-8H2,1-2H3,(H2,14,18). The topological polar surface area (TPSA) is 55.6 Å². The van der Waals surface area contributed by atoms with Crippen LogP contribution in [0.25, 0.3) is 0 Å². The molecule has 1 heterocycles. The van der Waals surface area contributed by atoms with Crippen molar-refractivity contribution in [3.05, 3.63) is 0 Å². The Morgan fingerprint density at radius 2 is 2.06 bits per heavy atom. The Morgan fingerprint density at radius 3 is 2.72 bits per heavy atom. The monoisotopic (exact) mass is 270 g/mol. The molecule has 0 radical (unpaired) electrons. The molecule has 0 bridgehead atoms. The van der Waals surface area contributed by atoms with Crippen LogP contribution >= 0.6 is 12.2 Å². The first-order valence-electron chi connectivity index (χ1n) is 6.67. The van der Waals surface area contributed by atoms with Gasteiger partial charge in [-0.3, -0.25) is 4.79 Å². The van der Waals surface area contributed by atoms with Crippen molar-refractivity contribution in [3.8, 4) is 0 Å². The van der Waals surface area contributed by atoms with E-state index in [0.29, 0.717) is 13.2 Å². The van der Waals surface area contributed by atoms with Crippen LogP contribution in [0.15, 0.2) is 0 Å². The molecule has 1 aliphatic heterocycles. The molecule has 2 rings (SSSR count). The maximum absolute atomic E-state index is 12.6. The Morgan fingerprint density at radius 1 is 1.39 bits per heavy atom. The van der Waals surface area contributed by atoms with Gasteiger partial charge in [0, 0.05) is 6.54 Å². The van der Waals surface area contributed by atoms with Gasteiger partial charge in [-0.15, -0.1) is 0 Å². The van der Waals surface area contributed by atoms with E-state index in [1.165, 1.54) is 12.8 Å². The van der Waals surface area contributed by atoms with Gasteiger partial charge in [0.2, 0.25) is 5.91 Å².